The topological polar surface area (TPSA) is 62.5 Å². The molecule has 1 amide bonds. The van der Waals surface area contributed by atoms with Gasteiger partial charge in [0, 0.05) is 47.7 Å². The van der Waals surface area contributed by atoms with E-state index in [2.05, 4.69) is 10.2 Å². The van der Waals surface area contributed by atoms with E-state index in [0.29, 0.717) is 11.1 Å². The van der Waals surface area contributed by atoms with E-state index in [9.17, 15) is 9.59 Å². The fourth-order valence-corrected chi connectivity index (χ4v) is 3.41. The Morgan fingerprint density at radius 3 is 2.17 bits per heavy atom. The molecule has 0 radical (unpaired) electrons. The van der Waals surface area contributed by atoms with Gasteiger partial charge in [-0.1, -0.05) is 30.3 Å². The maximum Gasteiger partial charge on any atom is 0.290 e. The van der Waals surface area contributed by atoms with Crippen molar-refractivity contribution in [3.05, 3.63) is 90.3 Å². The molecule has 2 aromatic carbocycles. The van der Waals surface area contributed by atoms with Crippen LogP contribution in [0.15, 0.2) is 79.1 Å². The lowest BCUT2D eigenvalue weighted by Crippen LogP contribution is -2.39. The van der Waals surface area contributed by atoms with Crippen molar-refractivity contribution in [3.8, 4) is 0 Å². The van der Waals surface area contributed by atoms with Gasteiger partial charge in [-0.05, 0) is 24.3 Å². The summed E-state index contributed by atoms with van der Waals surface area (Å²) in [5, 5.41) is 2.91. The highest BCUT2D eigenvalue weighted by Crippen LogP contribution is 2.19. The number of morpholine rings is 1. The summed E-state index contributed by atoms with van der Waals surface area (Å²) in [5.74, 6) is -0.159. The molecule has 30 heavy (non-hydrogen) atoms. The SMILES string of the molecule is O=C(C[n+]1ccc(C(=O)c2ccccc2)cc1)Nc1ccc(N2CCOCC2)cc1. The van der Waals surface area contributed by atoms with Crippen molar-refractivity contribution in [3.63, 3.8) is 0 Å². The van der Waals surface area contributed by atoms with Gasteiger partial charge in [-0.25, -0.2) is 0 Å². The predicted molar refractivity (Wildman–Crippen MR) is 115 cm³/mol. The van der Waals surface area contributed by atoms with Crippen LogP contribution in [0.4, 0.5) is 11.4 Å². The molecule has 6 nitrogen and oxygen atoms in total. The Labute approximate surface area is 175 Å². The monoisotopic (exact) mass is 402 g/mol. The van der Waals surface area contributed by atoms with Gasteiger partial charge < -0.3 is 15.0 Å². The Hall–Kier alpha value is -3.51. The number of hydrogen-bond donors (Lipinski definition) is 1. The van der Waals surface area contributed by atoms with Gasteiger partial charge in [0.2, 0.25) is 6.54 Å². The van der Waals surface area contributed by atoms with Crippen LogP contribution in [0, 0.1) is 0 Å². The van der Waals surface area contributed by atoms with Crippen molar-refractivity contribution in [2.75, 3.05) is 36.5 Å². The fourth-order valence-electron chi connectivity index (χ4n) is 3.41. The first-order valence-electron chi connectivity index (χ1n) is 10.0. The molecule has 4 rings (SSSR count). The molecule has 1 N–H and O–H groups in total. The number of ketones is 1. The lowest BCUT2D eigenvalue weighted by molar-refractivity contribution is -0.684. The molecule has 0 saturated carbocycles. The van der Waals surface area contributed by atoms with E-state index in [0.717, 1.165) is 37.7 Å². The first kappa shape index (κ1) is 19.8. The van der Waals surface area contributed by atoms with Crippen LogP contribution in [0.1, 0.15) is 15.9 Å². The van der Waals surface area contributed by atoms with Crippen molar-refractivity contribution >= 4 is 23.1 Å². The fraction of sp³-hybridized carbons (Fsp3) is 0.208. The molecule has 0 bridgehead atoms. The zero-order valence-electron chi connectivity index (χ0n) is 16.7. The van der Waals surface area contributed by atoms with Crippen molar-refractivity contribution < 1.29 is 18.9 Å². The van der Waals surface area contributed by atoms with Gasteiger partial charge in [-0.15, -0.1) is 0 Å². The standard InChI is InChI=1S/C24H23N3O3/c28-23(25-21-6-8-22(9-7-21)27-14-16-30-17-15-27)18-26-12-10-20(11-13-26)24(29)19-4-2-1-3-5-19/h1-13H,14-18H2/p+1. The molecule has 0 unspecified atom stereocenters. The molecule has 0 spiro atoms. The molecule has 0 aliphatic carbocycles. The number of ether oxygens (including phenoxy) is 1. The van der Waals surface area contributed by atoms with Crippen LogP contribution in [0.5, 0.6) is 0 Å². The first-order valence-corrected chi connectivity index (χ1v) is 10.0. The average molecular weight is 402 g/mol. The average Bonchev–Trinajstić information content (AvgIpc) is 2.81. The minimum atomic E-state index is -0.124. The summed E-state index contributed by atoms with van der Waals surface area (Å²) in [4.78, 5) is 27.1. The minimum absolute atomic E-state index is 0.0347. The quantitative estimate of drug-likeness (QED) is 0.509. The number of carbonyl (C=O) groups excluding carboxylic acids is 2. The summed E-state index contributed by atoms with van der Waals surface area (Å²) in [7, 11) is 0. The third kappa shape index (κ3) is 4.90. The van der Waals surface area contributed by atoms with E-state index in [1.165, 1.54) is 0 Å². The number of benzene rings is 2. The lowest BCUT2D eigenvalue weighted by atomic mass is 10.0. The van der Waals surface area contributed by atoms with Crippen molar-refractivity contribution in [1.82, 2.24) is 0 Å². The molecular weight excluding hydrogens is 378 g/mol. The molecule has 1 aliphatic rings. The normalized spacial score (nSPS) is 13.7. The van der Waals surface area contributed by atoms with Crippen LogP contribution >= 0.6 is 0 Å². The Kier molecular flexibility index (Phi) is 6.15. The van der Waals surface area contributed by atoms with Crippen molar-refractivity contribution in [2.24, 2.45) is 0 Å². The highest BCUT2D eigenvalue weighted by atomic mass is 16.5. The second-order valence-electron chi connectivity index (χ2n) is 7.15. The number of nitrogens with zero attached hydrogens (tertiary/aromatic N) is 2. The Morgan fingerprint density at radius 1 is 0.867 bits per heavy atom. The van der Waals surface area contributed by atoms with E-state index in [-0.39, 0.29) is 18.2 Å². The zero-order chi connectivity index (χ0) is 20.8. The zero-order valence-corrected chi connectivity index (χ0v) is 16.7. The predicted octanol–water partition coefficient (Wildman–Crippen LogP) is 2.68. The van der Waals surface area contributed by atoms with Gasteiger partial charge in [0.1, 0.15) is 0 Å². The number of hydrogen-bond acceptors (Lipinski definition) is 4. The van der Waals surface area contributed by atoms with Crippen LogP contribution in [-0.2, 0) is 16.1 Å². The Balaban J connectivity index is 1.33. The summed E-state index contributed by atoms with van der Waals surface area (Å²) in [6.45, 7) is 3.41. The molecular formula is C24H24N3O3+. The van der Waals surface area contributed by atoms with Crippen LogP contribution < -0.4 is 14.8 Å². The van der Waals surface area contributed by atoms with Crippen molar-refractivity contribution in [1.29, 1.82) is 0 Å². The van der Waals surface area contributed by atoms with Gasteiger partial charge in [-0.3, -0.25) is 9.59 Å². The van der Waals surface area contributed by atoms with Crippen LogP contribution in [0.2, 0.25) is 0 Å². The van der Waals surface area contributed by atoms with Crippen molar-refractivity contribution in [2.45, 2.75) is 6.54 Å². The summed E-state index contributed by atoms with van der Waals surface area (Å²) < 4.78 is 7.13. The number of nitrogens with one attached hydrogen (secondary N) is 1. The molecule has 2 heterocycles. The highest BCUT2D eigenvalue weighted by molar-refractivity contribution is 6.08. The molecule has 0 atom stereocenters. The largest absolute Gasteiger partial charge is 0.378 e. The molecule has 1 fully saturated rings. The molecule has 3 aromatic rings. The first-order chi connectivity index (χ1) is 14.7. The van der Waals surface area contributed by atoms with Gasteiger partial charge in [0.05, 0.1) is 13.2 Å². The minimum Gasteiger partial charge on any atom is -0.378 e. The van der Waals surface area contributed by atoms with Gasteiger partial charge in [0.25, 0.3) is 5.91 Å². The number of anilines is 2. The van der Waals surface area contributed by atoms with Crippen LogP contribution in [0.3, 0.4) is 0 Å². The van der Waals surface area contributed by atoms with Crippen LogP contribution in [0.25, 0.3) is 0 Å². The molecule has 1 aromatic heterocycles. The van der Waals surface area contributed by atoms with E-state index < -0.39 is 0 Å². The van der Waals surface area contributed by atoms with Gasteiger partial charge in [-0.2, -0.15) is 4.57 Å². The molecule has 1 saturated heterocycles. The summed E-state index contributed by atoms with van der Waals surface area (Å²) >= 11 is 0. The molecule has 6 heteroatoms. The van der Waals surface area contributed by atoms with Crippen LogP contribution in [-0.4, -0.2) is 38.0 Å². The number of carbonyl (C=O) groups is 2. The smallest absolute Gasteiger partial charge is 0.290 e. The lowest BCUT2D eigenvalue weighted by Gasteiger charge is -2.28. The summed E-state index contributed by atoms with van der Waals surface area (Å²) in [6, 6.07) is 20.5. The highest BCUT2D eigenvalue weighted by Gasteiger charge is 2.14. The number of amides is 1. The second kappa shape index (κ2) is 9.33. The number of pyridine rings is 1. The number of rotatable bonds is 6. The summed E-state index contributed by atoms with van der Waals surface area (Å²) in [5.41, 5.74) is 3.13. The van der Waals surface area contributed by atoms with E-state index in [4.69, 9.17) is 4.74 Å². The third-order valence-corrected chi connectivity index (χ3v) is 5.04. The van der Waals surface area contributed by atoms with E-state index in [1.54, 1.807) is 41.2 Å². The van der Waals surface area contributed by atoms with E-state index in [1.807, 2.05) is 42.5 Å². The summed E-state index contributed by atoms with van der Waals surface area (Å²) in [6.07, 6.45) is 3.49. The van der Waals surface area contributed by atoms with Gasteiger partial charge in [0.15, 0.2) is 18.2 Å². The Morgan fingerprint density at radius 2 is 1.50 bits per heavy atom. The van der Waals surface area contributed by atoms with E-state index >= 15 is 0 Å². The number of aromatic nitrogens is 1. The third-order valence-electron chi connectivity index (χ3n) is 5.04. The van der Waals surface area contributed by atoms with Gasteiger partial charge >= 0.3 is 0 Å². The molecule has 152 valence electrons. The molecule has 1 aliphatic heterocycles. The maximum absolute atomic E-state index is 12.5. The Bertz CT molecular complexity index is 996. The second-order valence-corrected chi connectivity index (χ2v) is 7.15. The maximum atomic E-state index is 12.5.